The average Bonchev–Trinajstić information content (AvgIpc) is 2.64. The molecule has 0 aliphatic carbocycles. The van der Waals surface area contributed by atoms with E-state index in [1.54, 1.807) is 24.1 Å². The van der Waals surface area contributed by atoms with Crippen molar-refractivity contribution in [2.45, 2.75) is 46.0 Å². The van der Waals surface area contributed by atoms with Gasteiger partial charge in [0.25, 0.3) is 0 Å². The number of carbonyl (C=O) groups excluding carboxylic acids is 2. The molecule has 0 unspecified atom stereocenters. The number of nitrogens with two attached hydrogens (primary N) is 1. The summed E-state index contributed by atoms with van der Waals surface area (Å²) in [6.45, 7) is 4.92. The summed E-state index contributed by atoms with van der Waals surface area (Å²) >= 11 is 0. The van der Waals surface area contributed by atoms with E-state index in [4.69, 9.17) is 10.5 Å². The van der Waals surface area contributed by atoms with Crippen LogP contribution in [-0.2, 0) is 9.59 Å². The molecule has 25 heavy (non-hydrogen) atoms. The van der Waals surface area contributed by atoms with Crippen molar-refractivity contribution in [1.29, 1.82) is 0 Å². The van der Waals surface area contributed by atoms with Crippen molar-refractivity contribution in [2.75, 3.05) is 30.4 Å². The lowest BCUT2D eigenvalue weighted by Gasteiger charge is -2.30. The van der Waals surface area contributed by atoms with Gasteiger partial charge in [-0.1, -0.05) is 13.8 Å². The van der Waals surface area contributed by atoms with E-state index in [-0.39, 0.29) is 11.8 Å². The first-order chi connectivity index (χ1) is 12.0. The van der Waals surface area contributed by atoms with Crippen LogP contribution in [0.2, 0.25) is 0 Å². The topological polar surface area (TPSA) is 84.7 Å². The van der Waals surface area contributed by atoms with Crippen LogP contribution in [0.15, 0.2) is 18.2 Å². The number of hydrogen-bond acceptors (Lipinski definition) is 4. The van der Waals surface area contributed by atoms with Gasteiger partial charge >= 0.3 is 0 Å². The van der Waals surface area contributed by atoms with E-state index in [2.05, 4.69) is 5.32 Å². The predicted octanol–water partition coefficient (Wildman–Crippen LogP) is 2.92. The number of benzene rings is 1. The zero-order valence-corrected chi connectivity index (χ0v) is 15.4. The molecule has 1 heterocycles. The van der Waals surface area contributed by atoms with E-state index < -0.39 is 5.41 Å². The molecule has 6 nitrogen and oxygen atoms in total. The van der Waals surface area contributed by atoms with Gasteiger partial charge in [0, 0.05) is 25.2 Å². The number of nitrogens with one attached hydrogen (secondary N) is 1. The van der Waals surface area contributed by atoms with E-state index in [1.165, 1.54) is 0 Å². The zero-order valence-electron chi connectivity index (χ0n) is 15.4. The van der Waals surface area contributed by atoms with Crippen LogP contribution < -0.4 is 20.7 Å². The summed E-state index contributed by atoms with van der Waals surface area (Å²) in [5.41, 5.74) is 6.65. The first-order valence-electron chi connectivity index (χ1n) is 9.01. The minimum absolute atomic E-state index is 0.0823. The fourth-order valence-electron chi connectivity index (χ4n) is 3.26. The van der Waals surface area contributed by atoms with Gasteiger partial charge in [0.1, 0.15) is 5.75 Å². The van der Waals surface area contributed by atoms with Crippen molar-refractivity contribution in [1.82, 2.24) is 0 Å². The monoisotopic (exact) mass is 347 g/mol. The lowest BCUT2D eigenvalue weighted by molar-refractivity contribution is -0.125. The number of methoxy groups -OCH3 is 1. The Bertz CT molecular complexity index is 618. The molecule has 0 saturated carbocycles. The van der Waals surface area contributed by atoms with Crippen LogP contribution >= 0.6 is 0 Å². The molecule has 2 rings (SSSR count). The highest BCUT2D eigenvalue weighted by Crippen LogP contribution is 2.34. The maximum absolute atomic E-state index is 12.7. The molecule has 1 aliphatic heterocycles. The third-order valence-electron chi connectivity index (χ3n) is 5.28. The number of hydrogen-bond donors (Lipinski definition) is 2. The van der Waals surface area contributed by atoms with Crippen molar-refractivity contribution >= 4 is 23.2 Å². The van der Waals surface area contributed by atoms with Gasteiger partial charge in [-0.2, -0.15) is 0 Å². The second-order valence-electron chi connectivity index (χ2n) is 6.53. The smallest absolute Gasteiger partial charge is 0.231 e. The molecule has 138 valence electrons. The summed E-state index contributed by atoms with van der Waals surface area (Å²) in [6.07, 6.45) is 3.79. The Morgan fingerprint density at radius 1 is 1.32 bits per heavy atom. The summed E-state index contributed by atoms with van der Waals surface area (Å²) in [4.78, 5) is 26.7. The molecular weight excluding hydrogens is 318 g/mol. The van der Waals surface area contributed by atoms with Crippen LogP contribution in [0.3, 0.4) is 0 Å². The Kier molecular flexibility index (Phi) is 6.42. The zero-order chi connectivity index (χ0) is 18.4. The summed E-state index contributed by atoms with van der Waals surface area (Å²) in [5.74, 6) is 0.636. The third-order valence-corrected chi connectivity index (χ3v) is 5.28. The van der Waals surface area contributed by atoms with Crippen LogP contribution in [0, 0.1) is 5.41 Å². The van der Waals surface area contributed by atoms with Gasteiger partial charge in [0.2, 0.25) is 11.8 Å². The number of piperidine rings is 1. The van der Waals surface area contributed by atoms with Gasteiger partial charge in [0.05, 0.1) is 18.2 Å². The largest absolute Gasteiger partial charge is 0.495 e. The van der Waals surface area contributed by atoms with Crippen molar-refractivity contribution in [3.05, 3.63) is 18.2 Å². The summed E-state index contributed by atoms with van der Waals surface area (Å²) in [5, 5.41) is 2.97. The quantitative estimate of drug-likeness (QED) is 0.794. The lowest BCUT2D eigenvalue weighted by atomic mass is 9.81. The Labute approximate surface area is 149 Å². The lowest BCUT2D eigenvalue weighted by Crippen LogP contribution is -2.41. The molecule has 1 fully saturated rings. The first-order valence-corrected chi connectivity index (χ1v) is 9.01. The maximum atomic E-state index is 12.7. The molecule has 0 spiro atoms. The van der Waals surface area contributed by atoms with Crippen molar-refractivity contribution in [3.8, 4) is 5.75 Å². The highest BCUT2D eigenvalue weighted by molar-refractivity contribution is 5.99. The van der Waals surface area contributed by atoms with Crippen molar-refractivity contribution in [3.63, 3.8) is 0 Å². The number of ether oxygens (including phenoxy) is 1. The van der Waals surface area contributed by atoms with E-state index in [0.29, 0.717) is 49.5 Å². The number of nitrogens with zero attached hydrogens (tertiary/aromatic N) is 1. The fourth-order valence-corrected chi connectivity index (χ4v) is 3.26. The molecule has 1 saturated heterocycles. The minimum Gasteiger partial charge on any atom is -0.495 e. The van der Waals surface area contributed by atoms with Crippen LogP contribution in [0.25, 0.3) is 0 Å². The van der Waals surface area contributed by atoms with E-state index >= 15 is 0 Å². The Morgan fingerprint density at radius 2 is 2.04 bits per heavy atom. The van der Waals surface area contributed by atoms with Gasteiger partial charge in [0.15, 0.2) is 0 Å². The molecular formula is C19H29N3O3. The van der Waals surface area contributed by atoms with Gasteiger partial charge in [-0.3, -0.25) is 9.59 Å². The van der Waals surface area contributed by atoms with Gasteiger partial charge in [-0.15, -0.1) is 0 Å². The normalized spacial score (nSPS) is 15.2. The van der Waals surface area contributed by atoms with Crippen LogP contribution in [0.5, 0.6) is 5.75 Å². The molecule has 0 radical (unpaired) electrons. The predicted molar refractivity (Wildman–Crippen MR) is 99.9 cm³/mol. The van der Waals surface area contributed by atoms with E-state index in [1.807, 2.05) is 19.9 Å². The van der Waals surface area contributed by atoms with Crippen molar-refractivity contribution in [2.24, 2.45) is 11.1 Å². The summed E-state index contributed by atoms with van der Waals surface area (Å²) in [6, 6.07) is 5.39. The SMILES string of the molecule is CCC(CC)(CN)C(=O)Nc1ccc(OC)c(N2CCCCC2=O)c1. The number of carbonyl (C=O) groups is 2. The maximum Gasteiger partial charge on any atom is 0.231 e. The molecule has 0 atom stereocenters. The van der Waals surface area contributed by atoms with E-state index in [9.17, 15) is 9.59 Å². The highest BCUT2D eigenvalue weighted by atomic mass is 16.5. The van der Waals surface area contributed by atoms with Crippen LogP contribution in [0.1, 0.15) is 46.0 Å². The Hall–Kier alpha value is -2.08. The first kappa shape index (κ1) is 19.2. The molecule has 1 aliphatic rings. The summed E-state index contributed by atoms with van der Waals surface area (Å²) < 4.78 is 5.41. The summed E-state index contributed by atoms with van der Waals surface area (Å²) in [7, 11) is 1.58. The van der Waals surface area contributed by atoms with Crippen molar-refractivity contribution < 1.29 is 14.3 Å². The Balaban J connectivity index is 2.29. The fraction of sp³-hybridized carbons (Fsp3) is 0.579. The number of anilines is 2. The minimum atomic E-state index is -0.568. The third kappa shape index (κ3) is 3.95. The standard InChI is InChI=1S/C19H29N3O3/c1-4-19(5-2,13-20)18(24)21-14-9-10-16(25-3)15(12-14)22-11-7-6-8-17(22)23/h9-10,12H,4-8,11,13,20H2,1-3H3,(H,21,24). The number of rotatable bonds is 7. The van der Waals surface area contributed by atoms with Crippen LogP contribution in [0.4, 0.5) is 11.4 Å². The van der Waals surface area contributed by atoms with Gasteiger partial charge in [-0.25, -0.2) is 0 Å². The highest BCUT2D eigenvalue weighted by Gasteiger charge is 2.33. The molecule has 3 N–H and O–H groups in total. The second kappa shape index (κ2) is 8.34. The molecule has 0 bridgehead atoms. The molecule has 1 aromatic rings. The van der Waals surface area contributed by atoms with Crippen LogP contribution in [-0.4, -0.2) is 32.0 Å². The molecule has 2 amide bonds. The number of amides is 2. The average molecular weight is 347 g/mol. The Morgan fingerprint density at radius 3 is 2.60 bits per heavy atom. The van der Waals surface area contributed by atoms with Gasteiger partial charge in [-0.05, 0) is 43.9 Å². The second-order valence-corrected chi connectivity index (χ2v) is 6.53. The van der Waals surface area contributed by atoms with E-state index in [0.717, 1.165) is 12.8 Å². The molecule has 0 aromatic heterocycles. The molecule has 6 heteroatoms. The molecule has 1 aromatic carbocycles. The van der Waals surface area contributed by atoms with Gasteiger partial charge < -0.3 is 20.7 Å².